The molecule has 0 atom stereocenters. The molecule has 2 aromatic carbocycles. The summed E-state index contributed by atoms with van der Waals surface area (Å²) in [6.07, 6.45) is -5.57. The molecule has 0 unspecified atom stereocenters. The van der Waals surface area contributed by atoms with Crippen LogP contribution in [0.4, 0.5) is 18.0 Å². The van der Waals surface area contributed by atoms with E-state index >= 15 is 0 Å². The SMILES string of the molecule is COC(=O)Oc1cccc(CS)c1COc1cc(Cl)c(C)cc1C(F)(F)F. The first-order valence-electron chi connectivity index (χ1n) is 7.65. The molecular weight excluding hydrogens is 405 g/mol. The molecule has 0 saturated carbocycles. The Hall–Kier alpha value is -2.06. The highest BCUT2D eigenvalue weighted by atomic mass is 35.5. The van der Waals surface area contributed by atoms with Gasteiger partial charge in [0.2, 0.25) is 0 Å². The van der Waals surface area contributed by atoms with Gasteiger partial charge in [-0.2, -0.15) is 25.8 Å². The quantitative estimate of drug-likeness (QED) is 0.376. The van der Waals surface area contributed by atoms with Crippen molar-refractivity contribution >= 4 is 30.4 Å². The summed E-state index contributed by atoms with van der Waals surface area (Å²) < 4.78 is 54.8. The van der Waals surface area contributed by atoms with Gasteiger partial charge in [-0.25, -0.2) is 4.79 Å². The summed E-state index contributed by atoms with van der Waals surface area (Å²) in [5.41, 5.74) is 0.347. The molecule has 0 fully saturated rings. The number of thiol groups is 1. The maximum absolute atomic E-state index is 13.3. The third-order valence-corrected chi connectivity index (χ3v) is 4.45. The van der Waals surface area contributed by atoms with E-state index in [2.05, 4.69) is 17.4 Å². The van der Waals surface area contributed by atoms with Gasteiger partial charge in [-0.1, -0.05) is 23.7 Å². The van der Waals surface area contributed by atoms with Crippen molar-refractivity contribution in [3.63, 3.8) is 0 Å². The van der Waals surface area contributed by atoms with Gasteiger partial charge >= 0.3 is 12.3 Å². The average Bonchev–Trinajstić information content (AvgIpc) is 2.61. The summed E-state index contributed by atoms with van der Waals surface area (Å²) in [6.45, 7) is 1.19. The minimum Gasteiger partial charge on any atom is -0.488 e. The Balaban J connectivity index is 2.39. The minimum absolute atomic E-state index is 0.111. The van der Waals surface area contributed by atoms with E-state index in [0.717, 1.165) is 19.2 Å². The molecule has 0 aliphatic heterocycles. The third-order valence-electron chi connectivity index (χ3n) is 3.70. The van der Waals surface area contributed by atoms with Gasteiger partial charge in [0.1, 0.15) is 18.1 Å². The number of alkyl halides is 3. The Morgan fingerprint density at radius 1 is 1.22 bits per heavy atom. The average molecular weight is 421 g/mol. The molecule has 0 bridgehead atoms. The Morgan fingerprint density at radius 2 is 1.93 bits per heavy atom. The molecule has 0 heterocycles. The molecule has 2 aromatic rings. The van der Waals surface area contributed by atoms with Gasteiger partial charge in [-0.15, -0.1) is 0 Å². The predicted octanol–water partition coefficient (Wildman–Crippen LogP) is 5.82. The van der Waals surface area contributed by atoms with E-state index in [1.165, 1.54) is 13.0 Å². The topological polar surface area (TPSA) is 44.8 Å². The second-order valence-electron chi connectivity index (χ2n) is 5.49. The molecule has 4 nitrogen and oxygen atoms in total. The smallest absolute Gasteiger partial charge is 0.488 e. The number of benzene rings is 2. The van der Waals surface area contributed by atoms with Crippen LogP contribution in [-0.2, 0) is 23.3 Å². The molecule has 2 rings (SSSR count). The molecule has 0 radical (unpaired) electrons. The lowest BCUT2D eigenvalue weighted by Crippen LogP contribution is -2.13. The summed E-state index contributed by atoms with van der Waals surface area (Å²) in [5.74, 6) is -0.0473. The van der Waals surface area contributed by atoms with Crippen LogP contribution in [0.25, 0.3) is 0 Å². The van der Waals surface area contributed by atoms with Crippen LogP contribution in [0.15, 0.2) is 30.3 Å². The summed E-state index contributed by atoms with van der Waals surface area (Å²) in [6, 6.07) is 6.84. The first-order chi connectivity index (χ1) is 12.7. The van der Waals surface area contributed by atoms with Crippen LogP contribution in [0.5, 0.6) is 11.5 Å². The number of hydrogen-bond donors (Lipinski definition) is 1. The highest BCUT2D eigenvalue weighted by Crippen LogP contribution is 2.39. The molecule has 0 aromatic heterocycles. The van der Waals surface area contributed by atoms with Crippen molar-refractivity contribution in [1.29, 1.82) is 0 Å². The highest BCUT2D eigenvalue weighted by molar-refractivity contribution is 7.79. The molecule has 0 amide bonds. The fourth-order valence-corrected chi connectivity index (χ4v) is 2.75. The number of carbonyl (C=O) groups excluding carboxylic acids is 1. The van der Waals surface area contributed by atoms with Crippen molar-refractivity contribution in [2.75, 3.05) is 7.11 Å². The van der Waals surface area contributed by atoms with Gasteiger partial charge in [0, 0.05) is 16.3 Å². The Morgan fingerprint density at radius 3 is 2.52 bits per heavy atom. The van der Waals surface area contributed by atoms with Crippen LogP contribution in [0.3, 0.4) is 0 Å². The Labute approximate surface area is 164 Å². The van der Waals surface area contributed by atoms with Crippen LogP contribution in [0, 0.1) is 6.92 Å². The van der Waals surface area contributed by atoms with E-state index in [1.807, 2.05) is 0 Å². The van der Waals surface area contributed by atoms with Gasteiger partial charge in [-0.3, -0.25) is 0 Å². The number of hydrogen-bond acceptors (Lipinski definition) is 5. The van der Waals surface area contributed by atoms with Crippen LogP contribution in [0.1, 0.15) is 22.3 Å². The van der Waals surface area contributed by atoms with Gasteiger partial charge in [0.15, 0.2) is 0 Å². The van der Waals surface area contributed by atoms with Gasteiger partial charge in [-0.05, 0) is 36.2 Å². The van der Waals surface area contributed by atoms with Crippen LogP contribution in [-0.4, -0.2) is 13.3 Å². The molecular formula is C18H16ClF3O4S. The fourth-order valence-electron chi connectivity index (χ4n) is 2.30. The van der Waals surface area contributed by atoms with E-state index in [-0.39, 0.29) is 28.7 Å². The van der Waals surface area contributed by atoms with E-state index < -0.39 is 23.6 Å². The van der Waals surface area contributed by atoms with Crippen molar-refractivity contribution in [1.82, 2.24) is 0 Å². The van der Waals surface area contributed by atoms with Crippen molar-refractivity contribution in [3.8, 4) is 11.5 Å². The van der Waals surface area contributed by atoms with E-state index in [4.69, 9.17) is 21.1 Å². The standard InChI is InChI=1S/C18H16ClF3O4S/c1-10-6-13(18(20,21)22)16(7-14(10)19)25-8-12-11(9-27)4-3-5-15(12)26-17(23)24-2/h3-7,27H,8-9H2,1-2H3. The van der Waals surface area contributed by atoms with Gasteiger partial charge in [0.25, 0.3) is 0 Å². The van der Waals surface area contributed by atoms with Gasteiger partial charge in [0.05, 0.1) is 12.7 Å². The monoisotopic (exact) mass is 420 g/mol. The van der Waals surface area contributed by atoms with Crippen molar-refractivity contribution in [3.05, 3.63) is 57.6 Å². The molecule has 0 aliphatic carbocycles. The lowest BCUT2D eigenvalue weighted by molar-refractivity contribution is -0.139. The maximum Gasteiger partial charge on any atom is 0.513 e. The summed E-state index contributed by atoms with van der Waals surface area (Å²) in [5, 5.41) is 0.145. The lowest BCUT2D eigenvalue weighted by atomic mass is 10.1. The number of carbonyl (C=O) groups is 1. The Kier molecular flexibility index (Phi) is 6.89. The highest BCUT2D eigenvalue weighted by Gasteiger charge is 2.35. The van der Waals surface area contributed by atoms with Crippen molar-refractivity contribution in [2.24, 2.45) is 0 Å². The second-order valence-corrected chi connectivity index (χ2v) is 6.22. The summed E-state index contributed by atoms with van der Waals surface area (Å²) >= 11 is 10.1. The first-order valence-corrected chi connectivity index (χ1v) is 8.66. The number of halogens is 4. The van der Waals surface area contributed by atoms with Crippen LogP contribution < -0.4 is 9.47 Å². The number of ether oxygens (including phenoxy) is 3. The lowest BCUT2D eigenvalue weighted by Gasteiger charge is -2.18. The maximum atomic E-state index is 13.3. The summed E-state index contributed by atoms with van der Waals surface area (Å²) in [7, 11) is 1.14. The van der Waals surface area contributed by atoms with E-state index in [9.17, 15) is 18.0 Å². The fraction of sp³-hybridized carbons (Fsp3) is 0.278. The zero-order valence-corrected chi connectivity index (χ0v) is 16.0. The zero-order valence-electron chi connectivity index (χ0n) is 14.4. The summed E-state index contributed by atoms with van der Waals surface area (Å²) in [4.78, 5) is 11.4. The van der Waals surface area contributed by atoms with Gasteiger partial charge < -0.3 is 14.2 Å². The molecule has 0 aliphatic rings. The van der Waals surface area contributed by atoms with Crippen molar-refractivity contribution < 1.29 is 32.2 Å². The molecule has 27 heavy (non-hydrogen) atoms. The largest absolute Gasteiger partial charge is 0.513 e. The number of aryl methyl sites for hydroxylation is 1. The number of methoxy groups -OCH3 is 1. The van der Waals surface area contributed by atoms with E-state index in [1.54, 1.807) is 12.1 Å². The number of rotatable bonds is 5. The van der Waals surface area contributed by atoms with E-state index in [0.29, 0.717) is 11.1 Å². The normalized spacial score (nSPS) is 11.2. The Bertz CT molecular complexity index is 840. The van der Waals surface area contributed by atoms with Crippen LogP contribution in [0.2, 0.25) is 5.02 Å². The second kappa shape index (κ2) is 8.75. The zero-order chi connectivity index (χ0) is 20.2. The molecule has 146 valence electrons. The van der Waals surface area contributed by atoms with Crippen LogP contribution >= 0.6 is 24.2 Å². The minimum atomic E-state index is -4.61. The third kappa shape index (κ3) is 5.23. The van der Waals surface area contributed by atoms with Crippen molar-refractivity contribution in [2.45, 2.75) is 25.5 Å². The molecule has 9 heteroatoms. The first kappa shape index (κ1) is 21.2. The molecule has 0 spiro atoms. The molecule has 0 N–H and O–H groups in total. The molecule has 0 saturated heterocycles. The predicted molar refractivity (Wildman–Crippen MR) is 97.7 cm³/mol.